The second kappa shape index (κ2) is 5.41. The number of carbonyl (C=O) groups is 1. The van der Waals surface area contributed by atoms with Gasteiger partial charge in [0.1, 0.15) is 0 Å². The first-order valence-corrected chi connectivity index (χ1v) is 9.72. The molecule has 6 rings (SSSR count). The van der Waals surface area contributed by atoms with Crippen LogP contribution in [0.2, 0.25) is 0 Å². The van der Waals surface area contributed by atoms with E-state index in [-0.39, 0.29) is 12.8 Å². The van der Waals surface area contributed by atoms with Crippen LogP contribution < -0.4 is 14.8 Å². The first kappa shape index (κ1) is 15.4. The van der Waals surface area contributed by atoms with Crippen LogP contribution in [0.3, 0.4) is 0 Å². The molecule has 0 radical (unpaired) electrons. The highest BCUT2D eigenvalue weighted by molar-refractivity contribution is 5.88. The Morgan fingerprint density at radius 2 is 1.89 bits per heavy atom. The van der Waals surface area contributed by atoms with Crippen LogP contribution in [-0.4, -0.2) is 17.9 Å². The quantitative estimate of drug-likeness (QED) is 0.827. The number of anilines is 1. The highest BCUT2D eigenvalue weighted by Gasteiger charge is 2.54. The average molecular weight is 363 g/mol. The molecule has 0 saturated heterocycles. The van der Waals surface area contributed by atoms with Crippen molar-refractivity contribution in [1.29, 1.82) is 0 Å². The van der Waals surface area contributed by atoms with Crippen molar-refractivity contribution in [2.24, 2.45) is 17.8 Å². The van der Waals surface area contributed by atoms with Crippen molar-refractivity contribution < 1.29 is 19.4 Å². The molecule has 2 aliphatic carbocycles. The minimum Gasteiger partial charge on any atom is -0.478 e. The van der Waals surface area contributed by atoms with Gasteiger partial charge >= 0.3 is 5.97 Å². The van der Waals surface area contributed by atoms with Gasteiger partial charge in [-0.2, -0.15) is 0 Å². The summed E-state index contributed by atoms with van der Waals surface area (Å²) in [7, 11) is 0. The van der Waals surface area contributed by atoms with E-state index in [1.165, 1.54) is 30.4 Å². The lowest BCUT2D eigenvalue weighted by molar-refractivity contribution is 0.0696. The van der Waals surface area contributed by atoms with Gasteiger partial charge in [-0.25, -0.2) is 4.79 Å². The molecule has 5 heteroatoms. The Morgan fingerprint density at radius 1 is 1.04 bits per heavy atom. The lowest BCUT2D eigenvalue weighted by atomic mass is 9.68. The van der Waals surface area contributed by atoms with Crippen LogP contribution >= 0.6 is 0 Å². The van der Waals surface area contributed by atoms with Crippen molar-refractivity contribution in [3.05, 3.63) is 53.1 Å². The number of fused-ring (bicyclic) bond motifs is 8. The van der Waals surface area contributed by atoms with E-state index in [0.29, 0.717) is 29.2 Å². The van der Waals surface area contributed by atoms with Gasteiger partial charge in [0.05, 0.1) is 11.6 Å². The smallest absolute Gasteiger partial charge is 0.335 e. The number of carboxylic acids is 1. The standard InChI is InChI=1S/C22H21NO4/c24-22(25)14-3-5-16-15(8-14)19-11-1-2-12(7-11)20(19)21(23-16)13-4-6-17-18(9-13)27-10-26-17/h3-6,8-9,11-12,19-21,23H,1-2,7,10H2,(H,24,25)/t11-,12-,19-,20-,21-/m0/s1. The Labute approximate surface area is 157 Å². The second-order valence-electron chi connectivity index (χ2n) is 8.28. The molecule has 2 fully saturated rings. The fraction of sp³-hybridized carbons (Fsp3) is 0.409. The van der Waals surface area contributed by atoms with Gasteiger partial charge in [0.25, 0.3) is 0 Å². The third-order valence-electron chi connectivity index (χ3n) is 7.09. The molecule has 5 nitrogen and oxygen atoms in total. The van der Waals surface area contributed by atoms with E-state index in [1.54, 1.807) is 6.07 Å². The molecule has 2 aliphatic heterocycles. The number of hydrogen-bond acceptors (Lipinski definition) is 4. The third-order valence-corrected chi connectivity index (χ3v) is 7.09. The van der Waals surface area contributed by atoms with Gasteiger partial charge < -0.3 is 19.9 Å². The lowest BCUT2D eigenvalue weighted by Crippen LogP contribution is -2.35. The summed E-state index contributed by atoms with van der Waals surface area (Å²) in [5, 5.41) is 13.2. The lowest BCUT2D eigenvalue weighted by Gasteiger charge is -2.43. The molecule has 4 aliphatic rings. The van der Waals surface area contributed by atoms with Gasteiger partial charge in [0.15, 0.2) is 11.5 Å². The number of rotatable bonds is 2. The Morgan fingerprint density at radius 3 is 2.78 bits per heavy atom. The van der Waals surface area contributed by atoms with Crippen LogP contribution in [0.15, 0.2) is 36.4 Å². The van der Waals surface area contributed by atoms with Crippen LogP contribution in [-0.2, 0) is 0 Å². The number of ether oxygens (including phenoxy) is 2. The second-order valence-corrected chi connectivity index (χ2v) is 8.28. The molecule has 2 N–H and O–H groups in total. The largest absolute Gasteiger partial charge is 0.478 e. The van der Waals surface area contributed by atoms with Crippen LogP contribution in [0, 0.1) is 17.8 Å². The van der Waals surface area contributed by atoms with Crippen molar-refractivity contribution in [3.63, 3.8) is 0 Å². The van der Waals surface area contributed by atoms with Crippen LogP contribution in [0.5, 0.6) is 11.5 Å². The van der Waals surface area contributed by atoms with E-state index in [2.05, 4.69) is 17.4 Å². The van der Waals surface area contributed by atoms with E-state index in [1.807, 2.05) is 18.2 Å². The normalized spacial score (nSPS) is 31.9. The fourth-order valence-electron chi connectivity index (χ4n) is 6.06. The number of hydrogen-bond donors (Lipinski definition) is 2. The van der Waals surface area contributed by atoms with Crippen molar-refractivity contribution in [3.8, 4) is 11.5 Å². The summed E-state index contributed by atoms with van der Waals surface area (Å²) in [6.07, 6.45) is 3.80. The highest BCUT2D eigenvalue weighted by atomic mass is 16.7. The van der Waals surface area contributed by atoms with Gasteiger partial charge in [-0.3, -0.25) is 0 Å². The number of carboxylic acid groups (broad SMARTS) is 1. The molecule has 0 aromatic heterocycles. The highest BCUT2D eigenvalue weighted by Crippen LogP contribution is 2.64. The van der Waals surface area contributed by atoms with E-state index in [4.69, 9.17) is 9.47 Å². The summed E-state index contributed by atoms with van der Waals surface area (Å²) in [6.45, 7) is 0.286. The average Bonchev–Trinajstić information content (AvgIpc) is 3.42. The molecule has 2 bridgehead atoms. The number of benzene rings is 2. The molecule has 0 unspecified atom stereocenters. The molecule has 2 aromatic rings. The van der Waals surface area contributed by atoms with E-state index >= 15 is 0 Å². The van der Waals surface area contributed by atoms with Crippen molar-refractivity contribution in [2.45, 2.75) is 31.2 Å². The predicted octanol–water partition coefficient (Wildman–Crippen LogP) is 4.41. The molecular weight excluding hydrogens is 342 g/mol. The van der Waals surface area contributed by atoms with Gasteiger partial charge in [-0.05, 0) is 84.4 Å². The Bertz CT molecular complexity index is 955. The Hall–Kier alpha value is -2.69. The summed E-state index contributed by atoms with van der Waals surface area (Å²) in [4.78, 5) is 11.5. The maximum atomic E-state index is 11.5. The SMILES string of the molecule is O=C(O)c1ccc2c(c1)[C@@H]1[C@H]3CC[C@@H](C3)[C@@H]1[C@H](c1ccc3c(c1)OCO3)N2. The van der Waals surface area contributed by atoms with Gasteiger partial charge in [-0.1, -0.05) is 6.07 Å². The molecule has 138 valence electrons. The zero-order valence-corrected chi connectivity index (χ0v) is 14.9. The fourth-order valence-corrected chi connectivity index (χ4v) is 6.06. The summed E-state index contributed by atoms with van der Waals surface area (Å²) in [5.41, 5.74) is 3.90. The van der Waals surface area contributed by atoms with Crippen molar-refractivity contribution in [1.82, 2.24) is 0 Å². The van der Waals surface area contributed by atoms with Crippen molar-refractivity contribution in [2.75, 3.05) is 12.1 Å². The zero-order chi connectivity index (χ0) is 18.1. The summed E-state index contributed by atoms with van der Waals surface area (Å²) >= 11 is 0. The zero-order valence-electron chi connectivity index (χ0n) is 14.9. The molecule has 2 aromatic carbocycles. The van der Waals surface area contributed by atoms with E-state index < -0.39 is 5.97 Å². The molecular formula is C22H21NO4. The van der Waals surface area contributed by atoms with Crippen LogP contribution in [0.4, 0.5) is 5.69 Å². The minimum atomic E-state index is -0.851. The summed E-state index contributed by atoms with van der Waals surface area (Å²) < 4.78 is 11.1. The maximum absolute atomic E-state index is 11.5. The van der Waals surface area contributed by atoms with Gasteiger partial charge in [0.2, 0.25) is 6.79 Å². The molecule has 2 saturated carbocycles. The molecule has 2 heterocycles. The van der Waals surface area contributed by atoms with Crippen LogP contribution in [0.1, 0.15) is 52.7 Å². The monoisotopic (exact) mass is 363 g/mol. The topological polar surface area (TPSA) is 67.8 Å². The molecule has 27 heavy (non-hydrogen) atoms. The van der Waals surface area contributed by atoms with Crippen LogP contribution in [0.25, 0.3) is 0 Å². The van der Waals surface area contributed by atoms with Gasteiger partial charge in [0, 0.05) is 5.69 Å². The first-order chi connectivity index (χ1) is 13.2. The molecule has 0 amide bonds. The minimum absolute atomic E-state index is 0.225. The number of nitrogens with one attached hydrogen (secondary N) is 1. The summed E-state index contributed by atoms with van der Waals surface area (Å²) in [6, 6.07) is 12.0. The molecule has 5 atom stereocenters. The maximum Gasteiger partial charge on any atom is 0.335 e. The Balaban J connectivity index is 1.46. The Kier molecular flexibility index (Phi) is 3.08. The summed E-state index contributed by atoms with van der Waals surface area (Å²) in [5.74, 6) is 3.09. The van der Waals surface area contributed by atoms with Gasteiger partial charge in [-0.15, -0.1) is 0 Å². The first-order valence-electron chi connectivity index (χ1n) is 9.72. The third kappa shape index (κ3) is 2.14. The number of aromatic carboxylic acids is 1. The van der Waals surface area contributed by atoms with E-state index in [0.717, 1.165) is 17.2 Å². The predicted molar refractivity (Wildman–Crippen MR) is 99.4 cm³/mol. The molecule has 0 spiro atoms. The van der Waals surface area contributed by atoms with Crippen molar-refractivity contribution >= 4 is 11.7 Å². The van der Waals surface area contributed by atoms with E-state index in [9.17, 15) is 9.90 Å².